The minimum atomic E-state index is -0.231. The van der Waals surface area contributed by atoms with E-state index < -0.39 is 0 Å². The van der Waals surface area contributed by atoms with Crippen molar-refractivity contribution in [1.82, 2.24) is 9.97 Å². The molecule has 124 valence electrons. The van der Waals surface area contributed by atoms with Crippen LogP contribution in [0.4, 0.5) is 4.39 Å². The van der Waals surface area contributed by atoms with E-state index >= 15 is 0 Å². The van der Waals surface area contributed by atoms with Crippen LogP contribution in [-0.2, 0) is 0 Å². The van der Waals surface area contributed by atoms with Gasteiger partial charge in [0.1, 0.15) is 5.82 Å². The lowest BCUT2D eigenvalue weighted by atomic mass is 9.97. The number of H-pyrrole nitrogens is 1. The molecule has 1 unspecified atom stereocenters. The molecule has 0 saturated carbocycles. The van der Waals surface area contributed by atoms with Gasteiger partial charge in [-0.3, -0.25) is 4.98 Å². The number of halogens is 1. The van der Waals surface area contributed by atoms with Crippen molar-refractivity contribution in [1.29, 1.82) is 0 Å². The number of aromatic amines is 1. The molecule has 0 spiro atoms. The number of rotatable bonds is 6. The second-order valence-electron chi connectivity index (χ2n) is 5.94. The van der Waals surface area contributed by atoms with E-state index in [-0.39, 0.29) is 5.82 Å². The number of hydrogen-bond donors (Lipinski definition) is 2. The highest BCUT2D eigenvalue weighted by Crippen LogP contribution is 2.36. The van der Waals surface area contributed by atoms with E-state index in [0.717, 1.165) is 35.2 Å². The van der Waals surface area contributed by atoms with Gasteiger partial charge in [0.15, 0.2) is 0 Å². The molecule has 4 heteroatoms. The van der Waals surface area contributed by atoms with Crippen LogP contribution in [0.3, 0.4) is 0 Å². The Morgan fingerprint density at radius 2 is 1.79 bits per heavy atom. The summed E-state index contributed by atoms with van der Waals surface area (Å²) in [5.41, 5.74) is 11.1. The molecule has 0 fully saturated rings. The van der Waals surface area contributed by atoms with Gasteiger partial charge < -0.3 is 10.7 Å². The Balaban J connectivity index is 2.11. The van der Waals surface area contributed by atoms with Crippen LogP contribution in [0.15, 0.2) is 54.9 Å². The lowest BCUT2D eigenvalue weighted by Crippen LogP contribution is -2.06. The summed E-state index contributed by atoms with van der Waals surface area (Å²) >= 11 is 0. The average molecular weight is 323 g/mol. The van der Waals surface area contributed by atoms with E-state index in [1.54, 1.807) is 24.5 Å². The zero-order chi connectivity index (χ0) is 16.9. The molecule has 0 bridgehead atoms. The van der Waals surface area contributed by atoms with Crippen LogP contribution in [0.25, 0.3) is 22.4 Å². The Morgan fingerprint density at radius 1 is 1.08 bits per heavy atom. The molecule has 1 atom stereocenters. The monoisotopic (exact) mass is 323 g/mol. The van der Waals surface area contributed by atoms with E-state index in [1.807, 2.05) is 12.1 Å². The first-order valence-electron chi connectivity index (χ1n) is 8.32. The smallest absolute Gasteiger partial charge is 0.123 e. The Kier molecular flexibility index (Phi) is 5.06. The molecule has 0 amide bonds. The third-order valence-electron chi connectivity index (χ3n) is 4.41. The van der Waals surface area contributed by atoms with Crippen molar-refractivity contribution >= 4 is 0 Å². The predicted octanol–water partition coefficient (Wildman–Crippen LogP) is 4.73. The fourth-order valence-corrected chi connectivity index (χ4v) is 3.08. The van der Waals surface area contributed by atoms with Gasteiger partial charge in [-0.2, -0.15) is 0 Å². The van der Waals surface area contributed by atoms with Crippen molar-refractivity contribution in [3.8, 4) is 22.4 Å². The van der Waals surface area contributed by atoms with Crippen molar-refractivity contribution in [3.05, 3.63) is 66.4 Å². The lowest BCUT2D eigenvalue weighted by Gasteiger charge is -2.11. The summed E-state index contributed by atoms with van der Waals surface area (Å²) in [7, 11) is 0. The number of hydrogen-bond acceptors (Lipinski definition) is 2. The van der Waals surface area contributed by atoms with Crippen molar-refractivity contribution in [2.75, 3.05) is 6.54 Å². The van der Waals surface area contributed by atoms with Gasteiger partial charge in [0.25, 0.3) is 0 Å². The number of aromatic nitrogens is 2. The van der Waals surface area contributed by atoms with Gasteiger partial charge in [-0.15, -0.1) is 0 Å². The minimum absolute atomic E-state index is 0.231. The molecule has 0 radical (unpaired) electrons. The van der Waals surface area contributed by atoms with E-state index in [9.17, 15) is 4.39 Å². The van der Waals surface area contributed by atoms with E-state index in [1.165, 1.54) is 17.8 Å². The van der Waals surface area contributed by atoms with Crippen LogP contribution in [0.5, 0.6) is 0 Å². The first kappa shape index (κ1) is 16.4. The summed E-state index contributed by atoms with van der Waals surface area (Å²) in [6.45, 7) is 2.83. The molecule has 3 rings (SSSR count). The van der Waals surface area contributed by atoms with Crippen LogP contribution < -0.4 is 5.73 Å². The molecular weight excluding hydrogens is 301 g/mol. The number of nitrogens with zero attached hydrogens (tertiary/aromatic N) is 1. The predicted molar refractivity (Wildman–Crippen MR) is 96.1 cm³/mol. The molecular formula is C20H22FN3. The molecule has 0 aliphatic heterocycles. The van der Waals surface area contributed by atoms with Gasteiger partial charge in [-0.25, -0.2) is 4.39 Å². The normalized spacial score (nSPS) is 12.3. The third kappa shape index (κ3) is 3.39. The van der Waals surface area contributed by atoms with Crippen molar-refractivity contribution < 1.29 is 4.39 Å². The number of pyridine rings is 1. The van der Waals surface area contributed by atoms with Crippen LogP contribution in [-0.4, -0.2) is 16.5 Å². The quantitative estimate of drug-likeness (QED) is 0.689. The zero-order valence-corrected chi connectivity index (χ0v) is 13.8. The Labute approximate surface area is 141 Å². The van der Waals surface area contributed by atoms with Crippen LogP contribution in [0, 0.1) is 5.82 Å². The van der Waals surface area contributed by atoms with Gasteiger partial charge in [0, 0.05) is 23.7 Å². The molecule has 0 aliphatic carbocycles. The molecule has 3 aromatic rings. The highest BCUT2D eigenvalue weighted by Gasteiger charge is 2.17. The fourth-order valence-electron chi connectivity index (χ4n) is 3.08. The topological polar surface area (TPSA) is 54.7 Å². The zero-order valence-electron chi connectivity index (χ0n) is 13.8. The fraction of sp³-hybridized carbons (Fsp3) is 0.250. The summed E-state index contributed by atoms with van der Waals surface area (Å²) in [4.78, 5) is 7.65. The summed E-state index contributed by atoms with van der Waals surface area (Å²) in [6.07, 6.45) is 5.54. The highest BCUT2D eigenvalue weighted by atomic mass is 19.1. The number of nitrogens with two attached hydrogens (primary N) is 1. The maximum Gasteiger partial charge on any atom is 0.123 e. The van der Waals surface area contributed by atoms with Crippen molar-refractivity contribution in [2.45, 2.75) is 25.7 Å². The van der Waals surface area contributed by atoms with E-state index in [0.29, 0.717) is 12.5 Å². The summed E-state index contributed by atoms with van der Waals surface area (Å²) in [6, 6.07) is 12.8. The largest absolute Gasteiger partial charge is 0.358 e. The third-order valence-corrected chi connectivity index (χ3v) is 4.41. The number of benzene rings is 1. The molecule has 24 heavy (non-hydrogen) atoms. The van der Waals surface area contributed by atoms with E-state index in [2.05, 4.69) is 23.0 Å². The standard InChI is InChI=1S/C20H22FN3/c1-2-14(7-10-22)19-13-18(15-8-11-23-12-9-15)20(24-19)16-3-5-17(21)6-4-16/h3-6,8-9,11-14,24H,2,7,10,22H2,1H3. The summed E-state index contributed by atoms with van der Waals surface area (Å²) in [5.74, 6) is 0.162. The molecule has 2 heterocycles. The van der Waals surface area contributed by atoms with Crippen molar-refractivity contribution in [2.24, 2.45) is 5.73 Å². The van der Waals surface area contributed by atoms with Gasteiger partial charge >= 0.3 is 0 Å². The highest BCUT2D eigenvalue weighted by molar-refractivity contribution is 5.81. The second kappa shape index (κ2) is 7.41. The Bertz CT molecular complexity index is 778. The SMILES string of the molecule is CCC(CCN)c1cc(-c2ccncc2)c(-c2ccc(F)cc2)[nH]1. The molecule has 2 aromatic heterocycles. The second-order valence-corrected chi connectivity index (χ2v) is 5.94. The van der Waals surface area contributed by atoms with Crippen LogP contribution in [0.1, 0.15) is 31.4 Å². The van der Waals surface area contributed by atoms with E-state index in [4.69, 9.17) is 5.73 Å². The number of nitrogens with one attached hydrogen (secondary N) is 1. The average Bonchev–Trinajstić information content (AvgIpc) is 3.06. The van der Waals surface area contributed by atoms with Gasteiger partial charge in [-0.1, -0.05) is 6.92 Å². The molecule has 0 saturated heterocycles. The molecule has 3 N–H and O–H groups in total. The minimum Gasteiger partial charge on any atom is -0.358 e. The van der Waals surface area contributed by atoms with Crippen LogP contribution in [0.2, 0.25) is 0 Å². The summed E-state index contributed by atoms with van der Waals surface area (Å²) < 4.78 is 13.3. The van der Waals surface area contributed by atoms with Crippen LogP contribution >= 0.6 is 0 Å². The summed E-state index contributed by atoms with van der Waals surface area (Å²) in [5, 5.41) is 0. The van der Waals surface area contributed by atoms with Crippen molar-refractivity contribution in [3.63, 3.8) is 0 Å². The van der Waals surface area contributed by atoms with Gasteiger partial charge in [0.05, 0.1) is 5.69 Å². The molecule has 3 nitrogen and oxygen atoms in total. The Morgan fingerprint density at radius 3 is 2.42 bits per heavy atom. The molecule has 1 aromatic carbocycles. The first-order chi connectivity index (χ1) is 11.7. The first-order valence-corrected chi connectivity index (χ1v) is 8.32. The molecule has 0 aliphatic rings. The van der Waals surface area contributed by atoms with Gasteiger partial charge in [0.2, 0.25) is 0 Å². The van der Waals surface area contributed by atoms with Gasteiger partial charge in [-0.05, 0) is 78.9 Å². The maximum atomic E-state index is 13.3. The lowest BCUT2D eigenvalue weighted by molar-refractivity contribution is 0.602. The maximum absolute atomic E-state index is 13.3. The Hall–Kier alpha value is -2.46.